The average molecular weight is 195 g/mol. The maximum atomic E-state index is 5.68. The molecule has 0 aliphatic heterocycles. The molecule has 1 aromatic rings. The van der Waals surface area contributed by atoms with Crippen LogP contribution in [0.2, 0.25) is 0 Å². The van der Waals surface area contributed by atoms with E-state index in [2.05, 4.69) is 9.97 Å². The summed E-state index contributed by atoms with van der Waals surface area (Å²) in [6.07, 6.45) is 0.874. The number of ether oxygens (including phenoxy) is 1. The fourth-order valence-electron chi connectivity index (χ4n) is 1.27. The number of hydrogen-bond acceptors (Lipinski definition) is 4. The van der Waals surface area contributed by atoms with Crippen LogP contribution < -0.4 is 5.73 Å². The number of nitrogens with zero attached hydrogens (tertiary/aromatic N) is 2. The minimum atomic E-state index is 0.189. The van der Waals surface area contributed by atoms with E-state index in [0.717, 1.165) is 17.9 Å². The first-order valence-electron chi connectivity index (χ1n) is 4.79. The van der Waals surface area contributed by atoms with E-state index >= 15 is 0 Å². The van der Waals surface area contributed by atoms with Crippen molar-refractivity contribution in [3.63, 3.8) is 0 Å². The lowest BCUT2D eigenvalue weighted by Gasteiger charge is -2.10. The Morgan fingerprint density at radius 1 is 1.50 bits per heavy atom. The van der Waals surface area contributed by atoms with E-state index in [1.807, 2.05) is 19.9 Å². The number of aromatic nitrogens is 2. The molecule has 0 aliphatic rings. The van der Waals surface area contributed by atoms with Gasteiger partial charge in [-0.05, 0) is 6.42 Å². The van der Waals surface area contributed by atoms with Gasteiger partial charge in [0.25, 0.3) is 0 Å². The third-order valence-electron chi connectivity index (χ3n) is 2.04. The van der Waals surface area contributed by atoms with Gasteiger partial charge in [-0.2, -0.15) is 0 Å². The van der Waals surface area contributed by atoms with Crippen LogP contribution in [-0.2, 0) is 11.2 Å². The number of nitrogens with two attached hydrogens (primary N) is 1. The molecule has 0 saturated carbocycles. The standard InChI is InChI=1S/C10H17N3O/c1-4-8-5-9(11)13-10(12-8)7(2)6-14-3/h5,7H,4,6H2,1-3H3,(H2,11,12,13). The Morgan fingerprint density at radius 3 is 2.79 bits per heavy atom. The second-order valence-corrected chi connectivity index (χ2v) is 3.35. The van der Waals surface area contributed by atoms with Crippen molar-refractivity contribution >= 4 is 5.82 Å². The molecule has 0 spiro atoms. The molecule has 0 aliphatic carbocycles. The van der Waals surface area contributed by atoms with Gasteiger partial charge in [0.05, 0.1) is 6.61 Å². The predicted octanol–water partition coefficient (Wildman–Crippen LogP) is 1.37. The van der Waals surface area contributed by atoms with Crippen LogP contribution in [0.4, 0.5) is 5.82 Å². The lowest BCUT2D eigenvalue weighted by molar-refractivity contribution is 0.181. The molecule has 1 heterocycles. The van der Waals surface area contributed by atoms with Crippen LogP contribution in [0.3, 0.4) is 0 Å². The molecule has 0 amide bonds. The fourth-order valence-corrected chi connectivity index (χ4v) is 1.27. The van der Waals surface area contributed by atoms with E-state index in [1.54, 1.807) is 7.11 Å². The Morgan fingerprint density at radius 2 is 2.21 bits per heavy atom. The summed E-state index contributed by atoms with van der Waals surface area (Å²) < 4.78 is 5.05. The number of nitrogen functional groups attached to an aromatic ring is 1. The summed E-state index contributed by atoms with van der Waals surface area (Å²) in [6.45, 7) is 4.69. The van der Waals surface area contributed by atoms with E-state index in [-0.39, 0.29) is 5.92 Å². The average Bonchev–Trinajstić information content (AvgIpc) is 2.17. The number of aryl methyl sites for hydroxylation is 1. The van der Waals surface area contributed by atoms with Crippen LogP contribution in [-0.4, -0.2) is 23.7 Å². The van der Waals surface area contributed by atoms with Crippen LogP contribution in [0.1, 0.15) is 31.3 Å². The second-order valence-electron chi connectivity index (χ2n) is 3.35. The van der Waals surface area contributed by atoms with E-state index in [4.69, 9.17) is 10.5 Å². The van der Waals surface area contributed by atoms with Crippen LogP contribution in [0.25, 0.3) is 0 Å². The van der Waals surface area contributed by atoms with Gasteiger partial charge < -0.3 is 10.5 Å². The van der Waals surface area contributed by atoms with Crippen molar-refractivity contribution in [3.05, 3.63) is 17.6 Å². The van der Waals surface area contributed by atoms with E-state index in [9.17, 15) is 0 Å². The smallest absolute Gasteiger partial charge is 0.136 e. The normalized spacial score (nSPS) is 12.8. The van der Waals surface area contributed by atoms with Gasteiger partial charge in [-0.15, -0.1) is 0 Å². The van der Waals surface area contributed by atoms with Crippen molar-refractivity contribution in [3.8, 4) is 0 Å². The molecule has 1 unspecified atom stereocenters. The van der Waals surface area contributed by atoms with Crippen molar-refractivity contribution < 1.29 is 4.74 Å². The monoisotopic (exact) mass is 195 g/mol. The van der Waals surface area contributed by atoms with Crippen LogP contribution in [0.5, 0.6) is 0 Å². The maximum absolute atomic E-state index is 5.68. The first-order valence-corrected chi connectivity index (χ1v) is 4.79. The molecule has 0 bridgehead atoms. The SMILES string of the molecule is CCc1cc(N)nc(C(C)COC)n1. The Bertz CT molecular complexity index is 301. The fraction of sp³-hybridized carbons (Fsp3) is 0.600. The summed E-state index contributed by atoms with van der Waals surface area (Å²) in [7, 11) is 1.67. The molecular formula is C10H17N3O. The predicted molar refractivity (Wildman–Crippen MR) is 56.1 cm³/mol. The molecule has 0 fully saturated rings. The van der Waals surface area contributed by atoms with E-state index < -0.39 is 0 Å². The zero-order chi connectivity index (χ0) is 10.6. The first kappa shape index (κ1) is 10.9. The first-order chi connectivity index (χ1) is 6.67. The lowest BCUT2D eigenvalue weighted by atomic mass is 10.1. The highest BCUT2D eigenvalue weighted by atomic mass is 16.5. The highest BCUT2D eigenvalue weighted by Crippen LogP contribution is 2.13. The zero-order valence-corrected chi connectivity index (χ0v) is 8.95. The molecule has 1 aromatic heterocycles. The van der Waals surface area contributed by atoms with Crippen LogP contribution in [0.15, 0.2) is 6.07 Å². The van der Waals surface area contributed by atoms with Gasteiger partial charge in [-0.3, -0.25) is 0 Å². The van der Waals surface area contributed by atoms with Gasteiger partial charge in [-0.1, -0.05) is 13.8 Å². The molecule has 0 aromatic carbocycles. The summed E-state index contributed by atoms with van der Waals surface area (Å²) in [5, 5.41) is 0. The van der Waals surface area contributed by atoms with Crippen molar-refractivity contribution in [1.82, 2.24) is 9.97 Å². The molecular weight excluding hydrogens is 178 g/mol. The Labute approximate surface area is 84.5 Å². The molecule has 14 heavy (non-hydrogen) atoms. The molecule has 1 atom stereocenters. The lowest BCUT2D eigenvalue weighted by Crippen LogP contribution is -2.10. The van der Waals surface area contributed by atoms with Crippen molar-refractivity contribution in [2.75, 3.05) is 19.5 Å². The quantitative estimate of drug-likeness (QED) is 0.788. The summed E-state index contributed by atoms with van der Waals surface area (Å²) in [5.41, 5.74) is 6.66. The van der Waals surface area contributed by atoms with Crippen molar-refractivity contribution in [1.29, 1.82) is 0 Å². The topological polar surface area (TPSA) is 61.0 Å². The molecule has 4 heteroatoms. The van der Waals surface area contributed by atoms with Crippen molar-refractivity contribution in [2.24, 2.45) is 0 Å². The van der Waals surface area contributed by atoms with Gasteiger partial charge >= 0.3 is 0 Å². The summed E-state index contributed by atoms with van der Waals surface area (Å²) in [6, 6.07) is 1.81. The Balaban J connectivity index is 2.90. The van der Waals surface area contributed by atoms with E-state index in [1.165, 1.54) is 0 Å². The number of methoxy groups -OCH3 is 1. The molecule has 78 valence electrons. The van der Waals surface area contributed by atoms with Gasteiger partial charge in [-0.25, -0.2) is 9.97 Å². The molecule has 0 saturated heterocycles. The number of rotatable bonds is 4. The van der Waals surface area contributed by atoms with Crippen LogP contribution in [0, 0.1) is 0 Å². The summed E-state index contributed by atoms with van der Waals surface area (Å²) in [4.78, 5) is 8.59. The molecule has 1 rings (SSSR count). The highest BCUT2D eigenvalue weighted by molar-refractivity contribution is 5.30. The molecule has 4 nitrogen and oxygen atoms in total. The van der Waals surface area contributed by atoms with Crippen LogP contribution >= 0.6 is 0 Å². The van der Waals surface area contributed by atoms with Gasteiger partial charge in [0.1, 0.15) is 11.6 Å². The zero-order valence-electron chi connectivity index (χ0n) is 8.95. The minimum Gasteiger partial charge on any atom is -0.384 e. The van der Waals surface area contributed by atoms with Gasteiger partial charge in [0, 0.05) is 24.8 Å². The third kappa shape index (κ3) is 2.67. The molecule has 2 N–H and O–H groups in total. The maximum Gasteiger partial charge on any atom is 0.136 e. The van der Waals surface area contributed by atoms with Gasteiger partial charge in [0.2, 0.25) is 0 Å². The highest BCUT2D eigenvalue weighted by Gasteiger charge is 2.09. The largest absolute Gasteiger partial charge is 0.384 e. The summed E-state index contributed by atoms with van der Waals surface area (Å²) in [5.74, 6) is 1.49. The van der Waals surface area contributed by atoms with Crippen molar-refractivity contribution in [2.45, 2.75) is 26.2 Å². The second kappa shape index (κ2) is 4.91. The molecule has 0 radical (unpaired) electrons. The third-order valence-corrected chi connectivity index (χ3v) is 2.04. The number of anilines is 1. The van der Waals surface area contributed by atoms with Gasteiger partial charge in [0.15, 0.2) is 0 Å². The number of hydrogen-bond donors (Lipinski definition) is 1. The minimum absolute atomic E-state index is 0.189. The summed E-state index contributed by atoms with van der Waals surface area (Å²) >= 11 is 0. The van der Waals surface area contributed by atoms with E-state index in [0.29, 0.717) is 12.4 Å². The Hall–Kier alpha value is -1.16. The Kier molecular flexibility index (Phi) is 3.83.